The molecule has 2 saturated heterocycles. The first-order chi connectivity index (χ1) is 27.6. The van der Waals surface area contributed by atoms with Crippen LogP contribution < -0.4 is 20.1 Å². The third kappa shape index (κ3) is 9.14. The Bertz CT molecular complexity index is 2080. The average molecular weight is 774 g/mol. The van der Waals surface area contributed by atoms with Crippen LogP contribution in [0.1, 0.15) is 24.0 Å². The molecule has 0 bridgehead atoms. The highest BCUT2D eigenvalue weighted by Gasteiger charge is 2.40. The third-order valence-corrected chi connectivity index (χ3v) is 10.1. The highest BCUT2D eigenvalue weighted by Crippen LogP contribution is 2.29. The lowest BCUT2D eigenvalue weighted by atomic mass is 10.1. The summed E-state index contributed by atoms with van der Waals surface area (Å²) in [5.74, 6) is 0.793. The molecule has 2 aliphatic heterocycles. The molecule has 4 atom stereocenters. The summed E-state index contributed by atoms with van der Waals surface area (Å²) in [6.45, 7) is 0.145. The van der Waals surface area contributed by atoms with Crippen molar-refractivity contribution in [1.82, 2.24) is 14.8 Å². The summed E-state index contributed by atoms with van der Waals surface area (Å²) in [7, 11) is 3.10. The van der Waals surface area contributed by atoms with Gasteiger partial charge in [0.1, 0.15) is 23.6 Å². The van der Waals surface area contributed by atoms with Gasteiger partial charge >= 0.3 is 0 Å². The molecule has 3 heterocycles. The minimum Gasteiger partial charge on any atom is -0.497 e. The molecular formula is C43H43N5O9. The Morgan fingerprint density at radius 3 is 1.60 bits per heavy atom. The molecule has 4 N–H and O–H groups in total. The van der Waals surface area contributed by atoms with Crippen molar-refractivity contribution in [2.45, 2.75) is 50.0 Å². The quantitative estimate of drug-likeness (QED) is 0.143. The van der Waals surface area contributed by atoms with E-state index >= 15 is 0 Å². The smallest absolute Gasteiger partial charge is 0.247 e. The molecule has 0 unspecified atom stereocenters. The molecule has 7 rings (SSSR count). The van der Waals surface area contributed by atoms with Gasteiger partial charge in [0, 0.05) is 48.4 Å². The number of methoxy groups -OCH3 is 2. The lowest BCUT2D eigenvalue weighted by Crippen LogP contribution is -2.43. The van der Waals surface area contributed by atoms with Gasteiger partial charge < -0.3 is 44.5 Å². The Balaban J connectivity index is 0.937. The fraction of sp³-hybridized carbons (Fsp3) is 0.279. The van der Waals surface area contributed by atoms with E-state index in [2.05, 4.69) is 15.6 Å². The van der Waals surface area contributed by atoms with Crippen molar-refractivity contribution in [1.29, 1.82) is 0 Å². The second-order valence-electron chi connectivity index (χ2n) is 14.1. The number of likely N-dealkylation sites (tertiary alicyclic amines) is 2. The van der Waals surface area contributed by atoms with E-state index in [0.717, 1.165) is 11.1 Å². The fourth-order valence-electron chi connectivity index (χ4n) is 7.20. The minimum absolute atomic E-state index is 0.0719. The first kappa shape index (κ1) is 38.8. The van der Waals surface area contributed by atoms with E-state index in [9.17, 15) is 29.4 Å². The van der Waals surface area contributed by atoms with Crippen molar-refractivity contribution in [2.75, 3.05) is 37.9 Å². The Labute approximate surface area is 329 Å². The highest BCUT2D eigenvalue weighted by atomic mass is 16.5. The van der Waals surface area contributed by atoms with Gasteiger partial charge in [-0.3, -0.25) is 19.2 Å². The number of benzene rings is 4. The van der Waals surface area contributed by atoms with Crippen LogP contribution in [0.25, 0.3) is 22.8 Å². The standard InChI is InChI=1S/C43H43N5O9/c1-55-34-7-3-5-26(17-34)19-39(51)47-24-32(49)21-36(47)41(53)45-30-13-9-28(10-14-30)38-23-44-43(57-38)29-11-15-31(16-12-29)46-42(54)37-22-33(50)25-48(37)40(52)20-27-6-4-8-35(18-27)56-2/h3-18,23,32-33,36-37,49-50H,19-22,24-25H2,1-2H3,(H,45,53)(H,46,54)/t32-,33-,36+,37+/m1/s1. The number of hydrogen-bond acceptors (Lipinski definition) is 10. The zero-order chi connectivity index (χ0) is 40.1. The summed E-state index contributed by atoms with van der Waals surface area (Å²) in [4.78, 5) is 60.3. The van der Waals surface area contributed by atoms with Crippen LogP contribution in [0.4, 0.5) is 11.4 Å². The Hall–Kier alpha value is -6.51. The summed E-state index contributed by atoms with van der Waals surface area (Å²) in [6.07, 6.45) is 0.393. The number of nitrogens with zero attached hydrogens (tertiary/aromatic N) is 3. The van der Waals surface area contributed by atoms with Crippen LogP contribution in [0, 0.1) is 0 Å². The van der Waals surface area contributed by atoms with Crippen molar-refractivity contribution >= 4 is 35.0 Å². The number of ether oxygens (including phenoxy) is 2. The summed E-state index contributed by atoms with van der Waals surface area (Å²) in [6, 6.07) is 26.6. The predicted molar refractivity (Wildman–Crippen MR) is 210 cm³/mol. The van der Waals surface area contributed by atoms with Gasteiger partial charge in [0.25, 0.3) is 0 Å². The van der Waals surface area contributed by atoms with E-state index in [-0.39, 0.29) is 50.6 Å². The molecule has 0 aliphatic carbocycles. The first-order valence-electron chi connectivity index (χ1n) is 18.6. The Morgan fingerprint density at radius 2 is 1.14 bits per heavy atom. The van der Waals surface area contributed by atoms with E-state index < -0.39 is 36.1 Å². The number of anilines is 2. The van der Waals surface area contributed by atoms with E-state index in [4.69, 9.17) is 13.9 Å². The molecule has 14 heteroatoms. The van der Waals surface area contributed by atoms with Gasteiger partial charge in [0.05, 0.1) is 45.5 Å². The summed E-state index contributed by atoms with van der Waals surface area (Å²) >= 11 is 0. The van der Waals surface area contributed by atoms with Gasteiger partial charge in [0.15, 0.2) is 5.76 Å². The average Bonchev–Trinajstić information content (AvgIpc) is 3.97. The number of aliphatic hydroxyl groups excluding tert-OH is 2. The maximum absolute atomic E-state index is 13.3. The van der Waals surface area contributed by atoms with E-state index in [1.165, 1.54) is 9.80 Å². The summed E-state index contributed by atoms with van der Waals surface area (Å²) in [5, 5.41) is 26.4. The minimum atomic E-state index is -0.823. The van der Waals surface area contributed by atoms with Crippen LogP contribution in [0.3, 0.4) is 0 Å². The van der Waals surface area contributed by atoms with Crippen LogP contribution in [-0.4, -0.2) is 100 Å². The van der Waals surface area contributed by atoms with Crippen LogP contribution >= 0.6 is 0 Å². The number of nitrogens with one attached hydrogen (secondary N) is 2. The largest absolute Gasteiger partial charge is 0.497 e. The molecular weight excluding hydrogens is 730 g/mol. The molecule has 2 aliphatic rings. The molecule has 57 heavy (non-hydrogen) atoms. The number of carbonyl (C=O) groups is 4. The van der Waals surface area contributed by atoms with Gasteiger partial charge in [0.2, 0.25) is 29.5 Å². The summed E-state index contributed by atoms with van der Waals surface area (Å²) in [5.41, 5.74) is 3.89. The van der Waals surface area contributed by atoms with Gasteiger partial charge in [-0.15, -0.1) is 0 Å². The van der Waals surface area contributed by atoms with Crippen molar-refractivity contribution in [3.63, 3.8) is 0 Å². The normalized spacial score (nSPS) is 18.9. The fourth-order valence-corrected chi connectivity index (χ4v) is 7.20. The number of hydrogen-bond donors (Lipinski definition) is 4. The number of aliphatic hydroxyl groups is 2. The summed E-state index contributed by atoms with van der Waals surface area (Å²) < 4.78 is 16.5. The molecule has 4 aromatic carbocycles. The number of β-amino-alcohol motifs (C(OH)–C–C–N with tert-alkyl or cyclic N) is 2. The topological polar surface area (TPSA) is 184 Å². The molecule has 0 saturated carbocycles. The van der Waals surface area contributed by atoms with Crippen LogP contribution in [0.2, 0.25) is 0 Å². The number of oxazole rings is 1. The van der Waals surface area contributed by atoms with Gasteiger partial charge in [-0.2, -0.15) is 0 Å². The van der Waals surface area contributed by atoms with Crippen molar-refractivity contribution in [3.8, 4) is 34.3 Å². The first-order valence-corrected chi connectivity index (χ1v) is 18.6. The zero-order valence-electron chi connectivity index (χ0n) is 31.5. The van der Waals surface area contributed by atoms with Gasteiger partial charge in [-0.25, -0.2) is 4.98 Å². The maximum Gasteiger partial charge on any atom is 0.247 e. The van der Waals surface area contributed by atoms with E-state index in [1.54, 1.807) is 105 Å². The van der Waals surface area contributed by atoms with Crippen molar-refractivity contribution < 1.29 is 43.3 Å². The van der Waals surface area contributed by atoms with E-state index in [0.29, 0.717) is 45.7 Å². The number of amides is 4. The Morgan fingerprint density at radius 1 is 0.684 bits per heavy atom. The third-order valence-electron chi connectivity index (χ3n) is 10.1. The van der Waals surface area contributed by atoms with Crippen molar-refractivity contribution in [2.24, 2.45) is 0 Å². The molecule has 1 aromatic heterocycles. The van der Waals surface area contributed by atoms with Crippen LogP contribution in [0.5, 0.6) is 11.5 Å². The predicted octanol–water partition coefficient (Wildman–Crippen LogP) is 4.31. The van der Waals surface area contributed by atoms with Crippen molar-refractivity contribution in [3.05, 3.63) is 114 Å². The number of rotatable bonds is 12. The SMILES string of the molecule is COc1cccc(CC(=O)N2C[C@H](O)C[C@H]2C(=O)Nc2ccc(-c3cnc(-c4ccc(NC(=O)[C@@H]5C[C@@H](O)CN5C(=O)Cc5cccc(OC)c5)cc4)o3)cc2)c1. The number of carbonyl (C=O) groups excluding carboxylic acids is 4. The van der Waals surface area contributed by atoms with Gasteiger partial charge in [-0.1, -0.05) is 24.3 Å². The molecule has 5 aromatic rings. The number of aromatic nitrogens is 1. The molecule has 4 amide bonds. The molecule has 0 radical (unpaired) electrons. The highest BCUT2D eigenvalue weighted by molar-refractivity contribution is 5.99. The monoisotopic (exact) mass is 773 g/mol. The zero-order valence-corrected chi connectivity index (χ0v) is 31.5. The maximum atomic E-state index is 13.3. The molecule has 294 valence electrons. The second kappa shape index (κ2) is 17.1. The molecule has 2 fully saturated rings. The lowest BCUT2D eigenvalue weighted by molar-refractivity contribution is -0.136. The molecule has 0 spiro atoms. The second-order valence-corrected chi connectivity index (χ2v) is 14.1. The van der Waals surface area contributed by atoms with Gasteiger partial charge in [-0.05, 0) is 83.9 Å². The Kier molecular flexibility index (Phi) is 11.6. The molecule has 14 nitrogen and oxygen atoms in total. The van der Waals surface area contributed by atoms with Crippen LogP contribution in [0.15, 0.2) is 108 Å². The lowest BCUT2D eigenvalue weighted by Gasteiger charge is -2.24. The van der Waals surface area contributed by atoms with Crippen LogP contribution in [-0.2, 0) is 32.0 Å². The van der Waals surface area contributed by atoms with E-state index in [1.807, 2.05) is 12.1 Å².